The average Bonchev–Trinajstić information content (AvgIpc) is 2.66. The zero-order valence-electron chi connectivity index (χ0n) is 11.0. The highest BCUT2D eigenvalue weighted by Crippen LogP contribution is 2.23. The number of amides is 1. The number of oxazole rings is 1. The largest absolute Gasteiger partial charge is 0.444 e. The third-order valence-electron chi connectivity index (χ3n) is 3.64. The predicted molar refractivity (Wildman–Crippen MR) is 67.8 cm³/mol. The summed E-state index contributed by atoms with van der Waals surface area (Å²) in [5.41, 5.74) is 6.85. The third-order valence-corrected chi connectivity index (χ3v) is 3.64. The topological polar surface area (TPSA) is 81.2 Å². The lowest BCUT2D eigenvalue weighted by molar-refractivity contribution is -0.126. The first-order chi connectivity index (χ1) is 8.58. The predicted octanol–water partition coefficient (Wildman–Crippen LogP) is 1.43. The van der Waals surface area contributed by atoms with Gasteiger partial charge >= 0.3 is 0 Å². The molecule has 1 aliphatic rings. The van der Waals surface area contributed by atoms with Crippen LogP contribution in [0.5, 0.6) is 0 Å². The van der Waals surface area contributed by atoms with Crippen molar-refractivity contribution in [3.8, 4) is 0 Å². The van der Waals surface area contributed by atoms with Gasteiger partial charge < -0.3 is 15.5 Å². The molecule has 0 aliphatic heterocycles. The van der Waals surface area contributed by atoms with Crippen molar-refractivity contribution in [1.29, 1.82) is 0 Å². The molecule has 1 aliphatic carbocycles. The molecule has 2 unspecified atom stereocenters. The van der Waals surface area contributed by atoms with Gasteiger partial charge in [-0.25, -0.2) is 4.98 Å². The third kappa shape index (κ3) is 2.90. The lowest BCUT2D eigenvalue weighted by atomic mass is 9.84. The standard InChI is InChI=1S/C13H21N3O2/c1-8-9(2)18-12(16-8)7-15-13(17)10-5-3-4-6-11(10)14/h10-11H,3-7,14H2,1-2H3,(H,15,17). The maximum atomic E-state index is 12.0. The summed E-state index contributed by atoms with van der Waals surface area (Å²) in [6, 6.07) is -0.00761. The summed E-state index contributed by atoms with van der Waals surface area (Å²) >= 11 is 0. The Kier molecular flexibility index (Phi) is 4.01. The number of carbonyl (C=O) groups excluding carboxylic acids is 1. The first-order valence-corrected chi connectivity index (χ1v) is 6.54. The summed E-state index contributed by atoms with van der Waals surface area (Å²) in [6.07, 6.45) is 4.04. The number of nitrogens with zero attached hydrogens (tertiary/aromatic N) is 1. The molecule has 1 fully saturated rings. The second-order valence-electron chi connectivity index (χ2n) is 5.02. The van der Waals surface area contributed by atoms with Gasteiger partial charge in [0.1, 0.15) is 5.76 Å². The Bertz CT molecular complexity index is 408. The molecule has 100 valence electrons. The SMILES string of the molecule is Cc1nc(CNC(=O)C2CCCCC2N)oc1C. The molecule has 0 radical (unpaired) electrons. The van der Waals surface area contributed by atoms with Crippen LogP contribution in [0.25, 0.3) is 0 Å². The highest BCUT2D eigenvalue weighted by molar-refractivity contribution is 5.79. The Hall–Kier alpha value is -1.36. The van der Waals surface area contributed by atoms with Crippen LogP contribution in [0.15, 0.2) is 4.42 Å². The molecular weight excluding hydrogens is 230 g/mol. The highest BCUT2D eigenvalue weighted by Gasteiger charge is 2.28. The van der Waals surface area contributed by atoms with Crippen LogP contribution in [0.4, 0.5) is 0 Å². The van der Waals surface area contributed by atoms with Crippen LogP contribution in [0.1, 0.15) is 43.0 Å². The fraction of sp³-hybridized carbons (Fsp3) is 0.692. The first-order valence-electron chi connectivity index (χ1n) is 6.54. The fourth-order valence-electron chi connectivity index (χ4n) is 2.39. The monoisotopic (exact) mass is 251 g/mol. The van der Waals surface area contributed by atoms with Gasteiger partial charge in [-0.1, -0.05) is 12.8 Å². The molecule has 0 bridgehead atoms. The van der Waals surface area contributed by atoms with Crippen molar-refractivity contribution in [3.63, 3.8) is 0 Å². The average molecular weight is 251 g/mol. The molecule has 2 rings (SSSR count). The summed E-state index contributed by atoms with van der Waals surface area (Å²) in [4.78, 5) is 16.2. The van der Waals surface area contributed by atoms with E-state index in [0.29, 0.717) is 12.4 Å². The second-order valence-corrected chi connectivity index (χ2v) is 5.02. The molecule has 1 amide bonds. The Morgan fingerprint density at radius 2 is 2.17 bits per heavy atom. The van der Waals surface area contributed by atoms with Crippen molar-refractivity contribution >= 4 is 5.91 Å². The molecule has 5 nitrogen and oxygen atoms in total. The number of carbonyl (C=O) groups is 1. The summed E-state index contributed by atoms with van der Waals surface area (Å²) in [5, 5.41) is 2.86. The van der Waals surface area contributed by atoms with Crippen molar-refractivity contribution in [2.45, 2.75) is 52.1 Å². The van der Waals surface area contributed by atoms with Crippen LogP contribution in [0.3, 0.4) is 0 Å². The van der Waals surface area contributed by atoms with Gasteiger partial charge in [-0.05, 0) is 26.7 Å². The van der Waals surface area contributed by atoms with Crippen molar-refractivity contribution < 1.29 is 9.21 Å². The zero-order chi connectivity index (χ0) is 13.1. The van der Waals surface area contributed by atoms with E-state index < -0.39 is 0 Å². The number of hydrogen-bond acceptors (Lipinski definition) is 4. The van der Waals surface area contributed by atoms with E-state index in [1.807, 2.05) is 13.8 Å². The lowest BCUT2D eigenvalue weighted by Gasteiger charge is -2.27. The molecule has 2 atom stereocenters. The van der Waals surface area contributed by atoms with Crippen LogP contribution in [-0.4, -0.2) is 16.9 Å². The maximum Gasteiger partial charge on any atom is 0.225 e. The van der Waals surface area contributed by atoms with Crippen LogP contribution in [0, 0.1) is 19.8 Å². The van der Waals surface area contributed by atoms with E-state index in [9.17, 15) is 4.79 Å². The van der Waals surface area contributed by atoms with Crippen molar-refractivity contribution in [1.82, 2.24) is 10.3 Å². The van der Waals surface area contributed by atoms with Crippen LogP contribution in [-0.2, 0) is 11.3 Å². The van der Waals surface area contributed by atoms with Gasteiger partial charge in [0, 0.05) is 6.04 Å². The fourth-order valence-corrected chi connectivity index (χ4v) is 2.39. The number of aryl methyl sites for hydroxylation is 2. The summed E-state index contributed by atoms with van der Waals surface area (Å²) < 4.78 is 5.42. The minimum absolute atomic E-state index is 0.00761. The van der Waals surface area contributed by atoms with Gasteiger partial charge in [0.15, 0.2) is 0 Å². The molecule has 5 heteroatoms. The number of rotatable bonds is 3. The Morgan fingerprint density at radius 1 is 1.44 bits per heavy atom. The summed E-state index contributed by atoms with van der Waals surface area (Å²) in [7, 11) is 0. The lowest BCUT2D eigenvalue weighted by Crippen LogP contribution is -2.43. The Labute approximate surface area is 107 Å². The van der Waals surface area contributed by atoms with E-state index in [2.05, 4.69) is 10.3 Å². The van der Waals surface area contributed by atoms with E-state index in [1.54, 1.807) is 0 Å². The van der Waals surface area contributed by atoms with Crippen molar-refractivity contribution in [2.24, 2.45) is 11.7 Å². The van der Waals surface area contributed by atoms with Gasteiger partial charge in [0.25, 0.3) is 0 Å². The van der Waals surface area contributed by atoms with E-state index in [0.717, 1.165) is 37.1 Å². The summed E-state index contributed by atoms with van der Waals surface area (Å²) in [5.74, 6) is 1.32. The molecule has 18 heavy (non-hydrogen) atoms. The maximum absolute atomic E-state index is 12.0. The van der Waals surface area contributed by atoms with Crippen molar-refractivity contribution in [3.05, 3.63) is 17.3 Å². The summed E-state index contributed by atoms with van der Waals surface area (Å²) in [6.45, 7) is 4.10. The zero-order valence-corrected chi connectivity index (χ0v) is 11.0. The van der Waals surface area contributed by atoms with Crippen molar-refractivity contribution in [2.75, 3.05) is 0 Å². The van der Waals surface area contributed by atoms with Crippen LogP contribution in [0.2, 0.25) is 0 Å². The van der Waals surface area contributed by atoms with Gasteiger partial charge in [0.05, 0.1) is 18.2 Å². The van der Waals surface area contributed by atoms with E-state index in [-0.39, 0.29) is 17.9 Å². The van der Waals surface area contributed by atoms with E-state index in [1.165, 1.54) is 0 Å². The minimum atomic E-state index is -0.0593. The number of nitrogens with one attached hydrogen (secondary N) is 1. The molecule has 1 aromatic heterocycles. The number of nitrogens with two attached hydrogens (primary N) is 1. The van der Waals surface area contributed by atoms with E-state index >= 15 is 0 Å². The molecule has 0 aromatic carbocycles. The number of aromatic nitrogens is 1. The molecule has 3 N–H and O–H groups in total. The molecule has 1 heterocycles. The second kappa shape index (κ2) is 5.52. The molecule has 0 spiro atoms. The van der Waals surface area contributed by atoms with Gasteiger partial charge in [-0.15, -0.1) is 0 Å². The quantitative estimate of drug-likeness (QED) is 0.851. The normalized spacial score (nSPS) is 23.9. The molecule has 1 aromatic rings. The molecule has 1 saturated carbocycles. The minimum Gasteiger partial charge on any atom is -0.444 e. The highest BCUT2D eigenvalue weighted by atomic mass is 16.4. The molecular formula is C13H21N3O2. The molecule has 0 saturated heterocycles. The first kappa shape index (κ1) is 13.1. The van der Waals surface area contributed by atoms with E-state index in [4.69, 9.17) is 10.2 Å². The Morgan fingerprint density at radius 3 is 2.78 bits per heavy atom. The van der Waals surface area contributed by atoms with Gasteiger partial charge in [-0.2, -0.15) is 0 Å². The smallest absolute Gasteiger partial charge is 0.225 e. The van der Waals surface area contributed by atoms with Crippen LogP contribution < -0.4 is 11.1 Å². The van der Waals surface area contributed by atoms with Gasteiger partial charge in [0.2, 0.25) is 11.8 Å². The van der Waals surface area contributed by atoms with Crippen LogP contribution >= 0.6 is 0 Å². The number of hydrogen-bond donors (Lipinski definition) is 2. The van der Waals surface area contributed by atoms with Gasteiger partial charge in [-0.3, -0.25) is 4.79 Å². The Balaban J connectivity index is 1.87.